The lowest BCUT2D eigenvalue weighted by atomic mass is 9.99. The van der Waals surface area contributed by atoms with Crippen molar-refractivity contribution in [3.8, 4) is 0 Å². The summed E-state index contributed by atoms with van der Waals surface area (Å²) in [7, 11) is 0. The molecule has 0 atom stereocenters. The van der Waals surface area contributed by atoms with Gasteiger partial charge in [-0.05, 0) is 25.3 Å². The van der Waals surface area contributed by atoms with E-state index in [-0.39, 0.29) is 11.5 Å². The van der Waals surface area contributed by atoms with E-state index in [1.54, 1.807) is 4.90 Å². The van der Waals surface area contributed by atoms with Gasteiger partial charge in [-0.25, -0.2) is 14.8 Å². The van der Waals surface area contributed by atoms with Crippen LogP contribution in [-0.2, 0) is 4.74 Å². The molecule has 2 rings (SSSR count). The first kappa shape index (κ1) is 16.5. The zero-order chi connectivity index (χ0) is 16.3. The quantitative estimate of drug-likeness (QED) is 0.839. The lowest BCUT2D eigenvalue weighted by Gasteiger charge is -2.34. The lowest BCUT2D eigenvalue weighted by Crippen LogP contribution is -2.49. The predicted molar refractivity (Wildman–Crippen MR) is 86.1 cm³/mol. The maximum absolute atomic E-state index is 12.1. The zero-order valence-corrected chi connectivity index (χ0v) is 14.2. The Morgan fingerprint density at radius 1 is 1.14 bits per heavy atom. The van der Waals surface area contributed by atoms with Crippen LogP contribution < -0.4 is 4.90 Å². The molecule has 1 aliphatic rings. The second-order valence-electron chi connectivity index (χ2n) is 7.04. The third kappa shape index (κ3) is 4.58. The summed E-state index contributed by atoms with van der Waals surface area (Å²) in [5, 5.41) is 0. The van der Waals surface area contributed by atoms with Gasteiger partial charge in [0.15, 0.2) is 0 Å². The third-order valence-corrected chi connectivity index (χ3v) is 3.42. The first-order chi connectivity index (χ1) is 10.2. The molecule has 1 amide bonds. The van der Waals surface area contributed by atoms with Crippen LogP contribution in [0, 0.1) is 19.3 Å². The Kier molecular flexibility index (Phi) is 4.88. The summed E-state index contributed by atoms with van der Waals surface area (Å²) in [6, 6.07) is 1.96. The number of carbonyl (C=O) groups is 1. The minimum absolute atomic E-state index is 0.00951. The first-order valence-electron chi connectivity index (χ1n) is 7.73. The number of amides is 1. The van der Waals surface area contributed by atoms with Gasteiger partial charge in [0.1, 0.15) is 0 Å². The van der Waals surface area contributed by atoms with Crippen molar-refractivity contribution in [3.63, 3.8) is 0 Å². The molecule has 6 nitrogen and oxygen atoms in total. The van der Waals surface area contributed by atoms with Crippen LogP contribution in [-0.4, -0.2) is 53.7 Å². The molecule has 0 spiro atoms. The fourth-order valence-corrected chi connectivity index (χ4v) is 2.31. The number of aryl methyl sites for hydroxylation is 2. The average Bonchev–Trinajstić information content (AvgIpc) is 2.43. The zero-order valence-electron chi connectivity index (χ0n) is 14.2. The van der Waals surface area contributed by atoms with Gasteiger partial charge in [-0.2, -0.15) is 0 Å². The lowest BCUT2D eigenvalue weighted by molar-refractivity contribution is 0.0707. The number of aromatic nitrogens is 2. The molecule has 22 heavy (non-hydrogen) atoms. The maximum Gasteiger partial charge on any atom is 0.409 e. The summed E-state index contributed by atoms with van der Waals surface area (Å²) < 4.78 is 5.36. The number of carbonyl (C=O) groups excluding carboxylic acids is 1. The van der Waals surface area contributed by atoms with Crippen LogP contribution in [0.5, 0.6) is 0 Å². The van der Waals surface area contributed by atoms with Crippen molar-refractivity contribution in [3.05, 3.63) is 17.5 Å². The largest absolute Gasteiger partial charge is 0.449 e. The van der Waals surface area contributed by atoms with E-state index in [0.717, 1.165) is 30.4 Å². The molecular weight excluding hydrogens is 280 g/mol. The van der Waals surface area contributed by atoms with Crippen LogP contribution in [0.1, 0.15) is 32.2 Å². The molecule has 0 saturated carbocycles. The molecule has 1 fully saturated rings. The molecule has 0 unspecified atom stereocenters. The summed E-state index contributed by atoms with van der Waals surface area (Å²) in [5.74, 6) is 0.750. The summed E-state index contributed by atoms with van der Waals surface area (Å²) >= 11 is 0. The van der Waals surface area contributed by atoms with Crippen LogP contribution in [0.3, 0.4) is 0 Å². The van der Waals surface area contributed by atoms with Gasteiger partial charge >= 0.3 is 6.09 Å². The van der Waals surface area contributed by atoms with Crippen molar-refractivity contribution in [2.24, 2.45) is 5.41 Å². The van der Waals surface area contributed by atoms with Gasteiger partial charge in [0.05, 0.1) is 6.61 Å². The second kappa shape index (κ2) is 6.50. The molecule has 1 saturated heterocycles. The van der Waals surface area contributed by atoms with Crippen molar-refractivity contribution < 1.29 is 9.53 Å². The highest BCUT2D eigenvalue weighted by Gasteiger charge is 2.25. The SMILES string of the molecule is Cc1cc(C)nc(N2CCN(C(=O)OCC(C)(C)C)CC2)n1. The van der Waals surface area contributed by atoms with E-state index in [1.807, 2.05) is 19.9 Å². The molecule has 0 aromatic carbocycles. The number of hydrogen-bond acceptors (Lipinski definition) is 5. The van der Waals surface area contributed by atoms with Gasteiger partial charge in [-0.1, -0.05) is 20.8 Å². The molecule has 2 heterocycles. The van der Waals surface area contributed by atoms with E-state index in [1.165, 1.54) is 0 Å². The van der Waals surface area contributed by atoms with E-state index in [0.29, 0.717) is 19.7 Å². The Hall–Kier alpha value is -1.85. The Labute approximate surface area is 132 Å². The third-order valence-electron chi connectivity index (χ3n) is 3.42. The van der Waals surface area contributed by atoms with Gasteiger partial charge in [0.25, 0.3) is 0 Å². The number of hydrogen-bond donors (Lipinski definition) is 0. The van der Waals surface area contributed by atoms with Crippen molar-refractivity contribution in [2.75, 3.05) is 37.7 Å². The van der Waals surface area contributed by atoms with Gasteiger partial charge in [-0.3, -0.25) is 0 Å². The van der Waals surface area contributed by atoms with Gasteiger partial charge in [0, 0.05) is 37.6 Å². The van der Waals surface area contributed by atoms with Gasteiger partial charge in [-0.15, -0.1) is 0 Å². The van der Waals surface area contributed by atoms with Crippen LogP contribution in [0.2, 0.25) is 0 Å². The van der Waals surface area contributed by atoms with E-state index >= 15 is 0 Å². The number of anilines is 1. The van der Waals surface area contributed by atoms with Gasteiger partial charge < -0.3 is 14.5 Å². The first-order valence-corrected chi connectivity index (χ1v) is 7.73. The molecule has 122 valence electrons. The molecule has 0 bridgehead atoms. The van der Waals surface area contributed by atoms with Crippen molar-refractivity contribution in [1.29, 1.82) is 0 Å². The monoisotopic (exact) mass is 306 g/mol. The van der Waals surface area contributed by atoms with Gasteiger partial charge in [0.2, 0.25) is 5.95 Å². The van der Waals surface area contributed by atoms with Crippen LogP contribution in [0.25, 0.3) is 0 Å². The second-order valence-corrected chi connectivity index (χ2v) is 7.04. The molecular formula is C16H26N4O2. The summed E-state index contributed by atoms with van der Waals surface area (Å²) in [6.07, 6.45) is -0.226. The Morgan fingerprint density at radius 2 is 1.68 bits per heavy atom. The highest BCUT2D eigenvalue weighted by Crippen LogP contribution is 2.16. The Balaban J connectivity index is 1.88. The summed E-state index contributed by atoms with van der Waals surface area (Å²) in [6.45, 7) is 13.3. The molecule has 0 N–H and O–H groups in total. The minimum Gasteiger partial charge on any atom is -0.449 e. The minimum atomic E-state index is -0.226. The molecule has 1 aromatic rings. The Bertz CT molecular complexity index is 511. The molecule has 0 radical (unpaired) electrons. The molecule has 0 aliphatic carbocycles. The Morgan fingerprint density at radius 3 is 2.18 bits per heavy atom. The van der Waals surface area contributed by atoms with Crippen molar-refractivity contribution in [1.82, 2.24) is 14.9 Å². The standard InChI is InChI=1S/C16H26N4O2/c1-12-10-13(2)18-14(17-12)19-6-8-20(9-7-19)15(21)22-11-16(3,4)5/h10H,6-9,11H2,1-5H3. The smallest absolute Gasteiger partial charge is 0.409 e. The summed E-state index contributed by atoms with van der Waals surface area (Å²) in [5.41, 5.74) is 1.92. The number of nitrogens with zero attached hydrogens (tertiary/aromatic N) is 4. The highest BCUT2D eigenvalue weighted by atomic mass is 16.6. The number of ether oxygens (including phenoxy) is 1. The van der Waals surface area contributed by atoms with E-state index in [4.69, 9.17) is 4.74 Å². The topological polar surface area (TPSA) is 58.6 Å². The van der Waals surface area contributed by atoms with E-state index < -0.39 is 0 Å². The normalized spacial score (nSPS) is 15.9. The maximum atomic E-state index is 12.1. The average molecular weight is 306 g/mol. The molecule has 6 heteroatoms. The summed E-state index contributed by atoms with van der Waals surface area (Å²) in [4.78, 5) is 24.9. The van der Waals surface area contributed by atoms with Crippen molar-refractivity contribution in [2.45, 2.75) is 34.6 Å². The fourth-order valence-electron chi connectivity index (χ4n) is 2.31. The van der Waals surface area contributed by atoms with E-state index in [2.05, 4.69) is 35.6 Å². The van der Waals surface area contributed by atoms with Crippen LogP contribution >= 0.6 is 0 Å². The molecule has 1 aromatic heterocycles. The number of rotatable bonds is 2. The van der Waals surface area contributed by atoms with Crippen LogP contribution in [0.4, 0.5) is 10.7 Å². The highest BCUT2D eigenvalue weighted by molar-refractivity contribution is 5.68. The molecule has 1 aliphatic heterocycles. The van der Waals surface area contributed by atoms with Crippen molar-refractivity contribution >= 4 is 12.0 Å². The van der Waals surface area contributed by atoms with E-state index in [9.17, 15) is 4.79 Å². The predicted octanol–water partition coefficient (Wildman–Crippen LogP) is 2.40. The van der Waals surface area contributed by atoms with Crippen LogP contribution in [0.15, 0.2) is 6.07 Å². The number of piperazine rings is 1. The fraction of sp³-hybridized carbons (Fsp3) is 0.688.